The highest BCUT2D eigenvalue weighted by Crippen LogP contribution is 2.22. The third kappa shape index (κ3) is 2.88. The van der Waals surface area contributed by atoms with Gasteiger partial charge in [-0.05, 0) is 38.3 Å². The van der Waals surface area contributed by atoms with Gasteiger partial charge in [0.25, 0.3) is 0 Å². The van der Waals surface area contributed by atoms with Crippen molar-refractivity contribution in [2.45, 2.75) is 27.2 Å². The van der Waals surface area contributed by atoms with Crippen LogP contribution in [0.5, 0.6) is 0 Å². The Labute approximate surface area is 87.0 Å². The van der Waals surface area contributed by atoms with E-state index in [0.717, 1.165) is 12.0 Å². The molecule has 0 fully saturated rings. The number of allylic oxidation sites excluding steroid dienone is 9. The summed E-state index contributed by atoms with van der Waals surface area (Å²) in [5, 5.41) is 0. The van der Waals surface area contributed by atoms with E-state index in [9.17, 15) is 0 Å². The molecule has 0 atom stereocenters. The van der Waals surface area contributed by atoms with Crippen LogP contribution >= 0.6 is 0 Å². The summed E-state index contributed by atoms with van der Waals surface area (Å²) in [4.78, 5) is 0. The molecular weight excluding hydrogens is 168 g/mol. The Kier molecular flexibility index (Phi) is 3.70. The van der Waals surface area contributed by atoms with Crippen LogP contribution in [0.4, 0.5) is 0 Å². The summed E-state index contributed by atoms with van der Waals surface area (Å²) in [7, 11) is 0. The Balaban J connectivity index is 3.06. The number of rotatable bonds is 1. The molecule has 0 saturated carbocycles. The molecule has 0 saturated heterocycles. The molecule has 0 radical (unpaired) electrons. The molecule has 0 amide bonds. The Bertz CT molecular complexity index is 346. The Morgan fingerprint density at radius 1 is 1.43 bits per heavy atom. The van der Waals surface area contributed by atoms with E-state index in [-0.39, 0.29) is 0 Å². The lowest BCUT2D eigenvalue weighted by molar-refractivity contribution is 1.22. The van der Waals surface area contributed by atoms with E-state index in [1.54, 1.807) is 0 Å². The highest BCUT2D eigenvalue weighted by atomic mass is 14.1. The average molecular weight is 186 g/mol. The minimum Gasteiger partial charge on any atom is -0.0961 e. The van der Waals surface area contributed by atoms with Gasteiger partial charge in [0.2, 0.25) is 0 Å². The summed E-state index contributed by atoms with van der Waals surface area (Å²) < 4.78 is 0. The van der Waals surface area contributed by atoms with Crippen LogP contribution in [0.1, 0.15) is 27.2 Å². The first-order valence-corrected chi connectivity index (χ1v) is 5.01. The maximum Gasteiger partial charge on any atom is -0.00858 e. The second-order valence-corrected chi connectivity index (χ2v) is 3.75. The zero-order valence-corrected chi connectivity index (χ0v) is 9.30. The molecule has 0 bridgehead atoms. The molecule has 74 valence electrons. The zero-order valence-electron chi connectivity index (χ0n) is 9.30. The molecule has 0 aromatic carbocycles. The van der Waals surface area contributed by atoms with Crippen molar-refractivity contribution in [2.24, 2.45) is 0 Å². The summed E-state index contributed by atoms with van der Waals surface area (Å²) in [6, 6.07) is 0. The van der Waals surface area contributed by atoms with Crippen molar-refractivity contribution in [3.8, 4) is 0 Å². The van der Waals surface area contributed by atoms with E-state index < -0.39 is 0 Å². The van der Waals surface area contributed by atoms with Crippen molar-refractivity contribution in [1.29, 1.82) is 0 Å². The Hall–Kier alpha value is -1.30. The summed E-state index contributed by atoms with van der Waals surface area (Å²) in [6.45, 7) is 10.2. The first-order chi connectivity index (χ1) is 6.63. The van der Waals surface area contributed by atoms with E-state index in [1.807, 2.05) is 6.92 Å². The smallest absolute Gasteiger partial charge is 0.00858 e. The SMILES string of the molecule is C=C(C)C=C1CC=C(C)C=CC1=CC. The van der Waals surface area contributed by atoms with Crippen molar-refractivity contribution in [1.82, 2.24) is 0 Å². The molecule has 0 aromatic heterocycles. The molecule has 0 unspecified atom stereocenters. The van der Waals surface area contributed by atoms with Gasteiger partial charge in [-0.25, -0.2) is 0 Å². The van der Waals surface area contributed by atoms with Gasteiger partial charge in [0.15, 0.2) is 0 Å². The van der Waals surface area contributed by atoms with E-state index in [1.165, 1.54) is 16.7 Å². The third-order valence-electron chi connectivity index (χ3n) is 2.27. The van der Waals surface area contributed by atoms with Crippen molar-refractivity contribution >= 4 is 0 Å². The zero-order chi connectivity index (χ0) is 10.6. The van der Waals surface area contributed by atoms with Crippen LogP contribution in [-0.2, 0) is 0 Å². The maximum atomic E-state index is 3.92. The summed E-state index contributed by atoms with van der Waals surface area (Å²) in [6.07, 6.45) is 11.9. The molecule has 1 aliphatic carbocycles. The Morgan fingerprint density at radius 3 is 2.71 bits per heavy atom. The van der Waals surface area contributed by atoms with Gasteiger partial charge >= 0.3 is 0 Å². The van der Waals surface area contributed by atoms with E-state index in [0.29, 0.717) is 0 Å². The minimum absolute atomic E-state index is 1.01. The molecule has 0 N–H and O–H groups in total. The summed E-state index contributed by atoms with van der Waals surface area (Å²) >= 11 is 0. The molecule has 0 spiro atoms. The summed E-state index contributed by atoms with van der Waals surface area (Å²) in [5.74, 6) is 0. The fourth-order valence-corrected chi connectivity index (χ4v) is 1.51. The van der Waals surface area contributed by atoms with Crippen LogP contribution in [0.3, 0.4) is 0 Å². The minimum atomic E-state index is 1.01. The molecule has 0 aliphatic heterocycles. The predicted octanol–water partition coefficient (Wildman–Crippen LogP) is 4.34. The molecule has 0 aromatic rings. The number of hydrogen-bond donors (Lipinski definition) is 0. The first-order valence-electron chi connectivity index (χ1n) is 5.01. The van der Waals surface area contributed by atoms with E-state index in [2.05, 4.69) is 50.8 Å². The van der Waals surface area contributed by atoms with Crippen molar-refractivity contribution < 1.29 is 0 Å². The van der Waals surface area contributed by atoms with Gasteiger partial charge in [-0.3, -0.25) is 0 Å². The first kappa shape index (κ1) is 10.8. The maximum absolute atomic E-state index is 3.92. The average Bonchev–Trinajstić information content (AvgIpc) is 2.28. The lowest BCUT2D eigenvalue weighted by atomic mass is 10.0. The fraction of sp³-hybridized carbons (Fsp3) is 0.286. The van der Waals surface area contributed by atoms with Gasteiger partial charge in [0, 0.05) is 0 Å². The number of hydrogen-bond acceptors (Lipinski definition) is 0. The van der Waals surface area contributed by atoms with Crippen LogP contribution < -0.4 is 0 Å². The van der Waals surface area contributed by atoms with Crippen LogP contribution in [0, 0.1) is 0 Å². The second kappa shape index (κ2) is 4.80. The topological polar surface area (TPSA) is 0 Å². The largest absolute Gasteiger partial charge is 0.0961 e. The van der Waals surface area contributed by atoms with Gasteiger partial charge in [0.05, 0.1) is 0 Å². The van der Waals surface area contributed by atoms with E-state index in [4.69, 9.17) is 0 Å². The third-order valence-corrected chi connectivity index (χ3v) is 2.27. The molecule has 0 nitrogen and oxygen atoms in total. The highest BCUT2D eigenvalue weighted by Gasteiger charge is 2.03. The van der Waals surface area contributed by atoms with Crippen LogP contribution in [-0.4, -0.2) is 0 Å². The van der Waals surface area contributed by atoms with E-state index >= 15 is 0 Å². The van der Waals surface area contributed by atoms with Gasteiger partial charge in [0.1, 0.15) is 0 Å². The lowest BCUT2D eigenvalue weighted by Gasteiger charge is -2.04. The molecule has 1 rings (SSSR count). The molecular formula is C14H18. The standard InChI is InChI=1S/C14H18/c1-5-13-8-6-12(4)7-9-14(13)10-11(2)3/h5-8,10H,2,9H2,1,3-4H3. The predicted molar refractivity (Wildman–Crippen MR) is 64.2 cm³/mol. The van der Waals surface area contributed by atoms with Gasteiger partial charge in [-0.15, -0.1) is 0 Å². The molecule has 0 heteroatoms. The Morgan fingerprint density at radius 2 is 2.14 bits per heavy atom. The molecule has 14 heavy (non-hydrogen) atoms. The lowest BCUT2D eigenvalue weighted by Crippen LogP contribution is -1.85. The van der Waals surface area contributed by atoms with Crippen LogP contribution in [0.25, 0.3) is 0 Å². The monoisotopic (exact) mass is 186 g/mol. The second-order valence-electron chi connectivity index (χ2n) is 3.75. The van der Waals surface area contributed by atoms with Crippen molar-refractivity contribution in [2.75, 3.05) is 0 Å². The summed E-state index contributed by atoms with van der Waals surface area (Å²) in [5.41, 5.74) is 5.10. The van der Waals surface area contributed by atoms with Crippen LogP contribution in [0.2, 0.25) is 0 Å². The van der Waals surface area contributed by atoms with Gasteiger partial charge in [-0.2, -0.15) is 0 Å². The molecule has 0 heterocycles. The van der Waals surface area contributed by atoms with Crippen molar-refractivity contribution in [3.05, 3.63) is 59.3 Å². The van der Waals surface area contributed by atoms with Gasteiger partial charge in [-0.1, -0.05) is 48.1 Å². The highest BCUT2D eigenvalue weighted by molar-refractivity contribution is 5.47. The van der Waals surface area contributed by atoms with Gasteiger partial charge < -0.3 is 0 Å². The quantitative estimate of drug-likeness (QED) is 0.571. The fourth-order valence-electron chi connectivity index (χ4n) is 1.51. The van der Waals surface area contributed by atoms with Crippen molar-refractivity contribution in [3.63, 3.8) is 0 Å². The normalized spacial score (nSPS) is 22.4. The molecule has 1 aliphatic rings. The van der Waals surface area contributed by atoms with Crippen LogP contribution in [0.15, 0.2) is 59.3 Å².